The summed E-state index contributed by atoms with van der Waals surface area (Å²) in [6, 6.07) is 18.5. The van der Waals surface area contributed by atoms with Crippen molar-refractivity contribution in [3.05, 3.63) is 72.2 Å². The van der Waals surface area contributed by atoms with E-state index in [2.05, 4.69) is 15.0 Å². The summed E-state index contributed by atoms with van der Waals surface area (Å²) in [7, 11) is 1.97. The van der Waals surface area contributed by atoms with Gasteiger partial charge in [0.25, 0.3) is 0 Å². The Morgan fingerprint density at radius 3 is 2.50 bits per heavy atom. The van der Waals surface area contributed by atoms with Gasteiger partial charge in [-0.15, -0.1) is 0 Å². The molecule has 1 saturated heterocycles. The number of anilines is 1. The fraction of sp³-hybridized carbons (Fsp3) is 0.360. The van der Waals surface area contributed by atoms with Gasteiger partial charge in [-0.25, -0.2) is 4.39 Å². The second-order valence-corrected chi connectivity index (χ2v) is 8.23. The maximum atomic E-state index is 13.1. The summed E-state index contributed by atoms with van der Waals surface area (Å²) in [6.45, 7) is 4.10. The Morgan fingerprint density at radius 1 is 1.06 bits per heavy atom. The minimum atomic E-state index is -0.231. The molecular weight excluding hydrogens is 407 g/mol. The molecule has 0 unspecified atom stereocenters. The molecule has 0 atom stereocenters. The van der Waals surface area contributed by atoms with Crippen LogP contribution in [0, 0.1) is 5.82 Å². The van der Waals surface area contributed by atoms with Crippen LogP contribution in [-0.4, -0.2) is 67.2 Å². The average molecular weight is 437 g/mol. The number of benzene rings is 2. The van der Waals surface area contributed by atoms with Gasteiger partial charge in [-0.05, 0) is 44.3 Å². The number of carbonyl (C=O) groups excluding carboxylic acids is 1. The van der Waals surface area contributed by atoms with E-state index in [0.29, 0.717) is 19.6 Å². The summed E-state index contributed by atoms with van der Waals surface area (Å²) in [5, 5.41) is 4.15. The number of nitrogens with zero attached hydrogens (tertiary/aromatic N) is 4. The third-order valence-electron chi connectivity index (χ3n) is 5.82. The fourth-order valence-corrected chi connectivity index (χ4v) is 3.97. The van der Waals surface area contributed by atoms with Crippen molar-refractivity contribution in [1.82, 2.24) is 15.0 Å². The molecule has 1 fully saturated rings. The molecule has 2 aromatic carbocycles. The molecule has 0 spiro atoms. The van der Waals surface area contributed by atoms with E-state index in [4.69, 9.17) is 4.52 Å². The lowest BCUT2D eigenvalue weighted by molar-refractivity contribution is -0.132. The van der Waals surface area contributed by atoms with Gasteiger partial charge >= 0.3 is 0 Å². The van der Waals surface area contributed by atoms with E-state index >= 15 is 0 Å². The lowest BCUT2D eigenvalue weighted by atomic mass is 10.1. The van der Waals surface area contributed by atoms with Gasteiger partial charge in [0.15, 0.2) is 0 Å². The molecule has 0 radical (unpaired) electrons. The molecule has 0 aliphatic carbocycles. The highest BCUT2D eigenvalue weighted by molar-refractivity contribution is 5.78. The van der Waals surface area contributed by atoms with E-state index in [1.165, 1.54) is 12.1 Å². The van der Waals surface area contributed by atoms with E-state index in [0.717, 1.165) is 55.2 Å². The highest BCUT2D eigenvalue weighted by Crippen LogP contribution is 2.19. The van der Waals surface area contributed by atoms with Crippen molar-refractivity contribution in [1.29, 1.82) is 0 Å². The number of rotatable bonds is 8. The van der Waals surface area contributed by atoms with Gasteiger partial charge in [0.2, 0.25) is 5.91 Å². The standard InChI is InChI=1S/C25H29FN4O2/c1-28(13-5-8-23-18-24(27-32-23)20-6-3-2-4-7-20)19-25(31)30-16-14-29(15-17-30)22-11-9-21(26)10-12-22/h2-4,6-7,9-12,18H,5,8,13-17,19H2,1H3. The molecule has 4 rings (SSSR count). The maximum absolute atomic E-state index is 13.1. The molecule has 32 heavy (non-hydrogen) atoms. The molecule has 0 N–H and O–H groups in total. The quantitative estimate of drug-likeness (QED) is 0.539. The monoisotopic (exact) mass is 436 g/mol. The van der Waals surface area contributed by atoms with Crippen LogP contribution >= 0.6 is 0 Å². The number of amides is 1. The van der Waals surface area contributed by atoms with Crippen molar-refractivity contribution in [2.45, 2.75) is 12.8 Å². The van der Waals surface area contributed by atoms with Crippen LogP contribution in [0.25, 0.3) is 11.3 Å². The minimum absolute atomic E-state index is 0.150. The molecule has 1 aliphatic heterocycles. The van der Waals surface area contributed by atoms with Gasteiger partial charge in [0, 0.05) is 49.9 Å². The molecule has 1 aliphatic rings. The Kier molecular flexibility index (Phi) is 7.17. The second-order valence-electron chi connectivity index (χ2n) is 8.23. The molecule has 1 amide bonds. The van der Waals surface area contributed by atoms with Gasteiger partial charge in [0.05, 0.1) is 6.54 Å². The minimum Gasteiger partial charge on any atom is -0.368 e. The number of hydrogen-bond donors (Lipinski definition) is 0. The van der Waals surface area contributed by atoms with Crippen molar-refractivity contribution in [2.24, 2.45) is 0 Å². The second kappa shape index (κ2) is 10.4. The lowest BCUT2D eigenvalue weighted by Gasteiger charge is -2.36. The first-order chi connectivity index (χ1) is 15.6. The fourth-order valence-electron chi connectivity index (χ4n) is 3.97. The summed E-state index contributed by atoms with van der Waals surface area (Å²) in [5.74, 6) is 0.781. The first kappa shape index (κ1) is 22.0. The van der Waals surface area contributed by atoms with Crippen molar-refractivity contribution in [2.75, 3.05) is 51.2 Å². The largest absolute Gasteiger partial charge is 0.368 e. The van der Waals surface area contributed by atoms with E-state index in [-0.39, 0.29) is 11.7 Å². The van der Waals surface area contributed by atoms with E-state index in [9.17, 15) is 9.18 Å². The zero-order valence-corrected chi connectivity index (χ0v) is 18.4. The molecule has 7 heteroatoms. The lowest BCUT2D eigenvalue weighted by Crippen LogP contribution is -2.51. The number of likely N-dealkylation sites (N-methyl/N-ethyl adjacent to an activating group) is 1. The zero-order valence-electron chi connectivity index (χ0n) is 18.4. The first-order valence-corrected chi connectivity index (χ1v) is 11.1. The SMILES string of the molecule is CN(CCCc1cc(-c2ccccc2)no1)CC(=O)N1CCN(c2ccc(F)cc2)CC1. The van der Waals surface area contributed by atoms with Crippen LogP contribution in [0.2, 0.25) is 0 Å². The van der Waals surface area contributed by atoms with Gasteiger partial charge in [-0.3, -0.25) is 9.69 Å². The van der Waals surface area contributed by atoms with Crippen molar-refractivity contribution in [3.8, 4) is 11.3 Å². The smallest absolute Gasteiger partial charge is 0.236 e. The predicted octanol–water partition coefficient (Wildman–Crippen LogP) is 3.69. The Labute approximate surface area is 188 Å². The normalized spacial score (nSPS) is 14.2. The van der Waals surface area contributed by atoms with Gasteiger partial charge < -0.3 is 14.3 Å². The maximum Gasteiger partial charge on any atom is 0.236 e. The molecular formula is C25H29FN4O2. The molecule has 6 nitrogen and oxygen atoms in total. The molecule has 3 aromatic rings. The van der Waals surface area contributed by atoms with Crippen LogP contribution in [0.3, 0.4) is 0 Å². The summed E-state index contributed by atoms with van der Waals surface area (Å²) < 4.78 is 18.6. The number of halogens is 1. The number of hydrogen-bond acceptors (Lipinski definition) is 5. The molecule has 168 valence electrons. The van der Waals surface area contributed by atoms with Crippen LogP contribution in [0.5, 0.6) is 0 Å². The summed E-state index contributed by atoms with van der Waals surface area (Å²) in [5.41, 5.74) is 2.90. The van der Waals surface area contributed by atoms with Crippen LogP contribution in [-0.2, 0) is 11.2 Å². The molecule has 1 aromatic heterocycles. The number of aryl methyl sites for hydroxylation is 1. The van der Waals surface area contributed by atoms with Gasteiger partial charge in [-0.1, -0.05) is 35.5 Å². The van der Waals surface area contributed by atoms with Gasteiger partial charge in [-0.2, -0.15) is 0 Å². The molecule has 0 bridgehead atoms. The van der Waals surface area contributed by atoms with Crippen molar-refractivity contribution >= 4 is 11.6 Å². The number of carbonyl (C=O) groups is 1. The molecule has 2 heterocycles. The Hall–Kier alpha value is -3.19. The highest BCUT2D eigenvalue weighted by atomic mass is 19.1. The zero-order chi connectivity index (χ0) is 22.3. The van der Waals surface area contributed by atoms with E-state index < -0.39 is 0 Å². The average Bonchev–Trinajstić information content (AvgIpc) is 3.29. The Morgan fingerprint density at radius 2 is 1.78 bits per heavy atom. The predicted molar refractivity (Wildman–Crippen MR) is 123 cm³/mol. The van der Waals surface area contributed by atoms with Crippen LogP contribution in [0.15, 0.2) is 65.2 Å². The van der Waals surface area contributed by atoms with Crippen molar-refractivity contribution in [3.63, 3.8) is 0 Å². The van der Waals surface area contributed by atoms with Crippen LogP contribution in [0.1, 0.15) is 12.2 Å². The molecule has 0 saturated carbocycles. The topological polar surface area (TPSA) is 52.8 Å². The Balaban J connectivity index is 1.17. The first-order valence-electron chi connectivity index (χ1n) is 11.1. The summed E-state index contributed by atoms with van der Waals surface area (Å²) in [4.78, 5) is 18.8. The third-order valence-corrected chi connectivity index (χ3v) is 5.82. The number of aromatic nitrogens is 1. The van der Waals surface area contributed by atoms with Gasteiger partial charge in [0.1, 0.15) is 17.3 Å². The van der Waals surface area contributed by atoms with Crippen molar-refractivity contribution < 1.29 is 13.7 Å². The summed E-state index contributed by atoms with van der Waals surface area (Å²) >= 11 is 0. The highest BCUT2D eigenvalue weighted by Gasteiger charge is 2.22. The third kappa shape index (κ3) is 5.73. The van der Waals surface area contributed by atoms with E-state index in [1.54, 1.807) is 12.1 Å². The number of piperazine rings is 1. The van der Waals surface area contributed by atoms with E-state index in [1.807, 2.05) is 48.3 Å². The van der Waals surface area contributed by atoms with Crippen LogP contribution < -0.4 is 4.90 Å². The van der Waals surface area contributed by atoms with Crippen LogP contribution in [0.4, 0.5) is 10.1 Å². The summed E-state index contributed by atoms with van der Waals surface area (Å²) in [6.07, 6.45) is 1.68. The Bertz CT molecular complexity index is 998.